The normalized spacial score (nSPS) is 12.8. The molecule has 73 heavy (non-hydrogen) atoms. The second-order valence-corrected chi connectivity index (χ2v) is 19.3. The SMILES string of the molecule is Oc1ccccc1-c1ccc(N(c2ccccc2)c2cc3c(c4ccccc24)-c2cc4ccc(N(c5ccccc5)c5ccc6c(c5)oc5ccccc56)cc4cc2C32c3ccccc3-c3ccccc32)cc1. The summed E-state index contributed by atoms with van der Waals surface area (Å²) in [5, 5.41) is 17.8. The number of aromatic hydroxyl groups is 1. The summed E-state index contributed by atoms with van der Waals surface area (Å²) in [4.78, 5) is 4.75. The molecule has 0 bridgehead atoms. The number of benzene rings is 12. The van der Waals surface area contributed by atoms with Crippen molar-refractivity contribution in [3.63, 3.8) is 0 Å². The molecule has 0 atom stereocenters. The molecule has 13 aromatic rings. The molecule has 12 aromatic carbocycles. The third-order valence-electron chi connectivity index (χ3n) is 15.5. The molecule has 0 fully saturated rings. The molecule has 0 aliphatic heterocycles. The Balaban J connectivity index is 0.979. The van der Waals surface area contributed by atoms with Crippen molar-refractivity contribution in [1.29, 1.82) is 0 Å². The molecular formula is C69H44N2O2. The fourth-order valence-corrected chi connectivity index (χ4v) is 12.4. The van der Waals surface area contributed by atoms with Gasteiger partial charge in [-0.25, -0.2) is 0 Å². The summed E-state index contributed by atoms with van der Waals surface area (Å²) in [6, 6.07) is 93.8. The maximum absolute atomic E-state index is 10.9. The van der Waals surface area contributed by atoms with E-state index in [0.29, 0.717) is 0 Å². The zero-order valence-electron chi connectivity index (χ0n) is 39.6. The van der Waals surface area contributed by atoms with E-state index in [1.165, 1.54) is 55.3 Å². The van der Waals surface area contributed by atoms with Crippen LogP contribution in [0.3, 0.4) is 0 Å². The first-order chi connectivity index (χ1) is 36.1. The van der Waals surface area contributed by atoms with E-state index < -0.39 is 5.41 Å². The molecule has 0 amide bonds. The second kappa shape index (κ2) is 15.9. The molecule has 0 unspecified atom stereocenters. The van der Waals surface area contributed by atoms with E-state index in [4.69, 9.17) is 4.42 Å². The lowest BCUT2D eigenvalue weighted by molar-refractivity contribution is 0.477. The highest BCUT2D eigenvalue weighted by atomic mass is 16.3. The molecule has 0 saturated carbocycles. The summed E-state index contributed by atoms with van der Waals surface area (Å²) in [5.41, 5.74) is 19.3. The molecule has 2 aliphatic rings. The van der Waals surface area contributed by atoms with Gasteiger partial charge in [0.25, 0.3) is 0 Å². The molecule has 15 rings (SSSR count). The van der Waals surface area contributed by atoms with Gasteiger partial charge in [0.1, 0.15) is 16.9 Å². The molecule has 4 nitrogen and oxygen atoms in total. The van der Waals surface area contributed by atoms with E-state index >= 15 is 0 Å². The van der Waals surface area contributed by atoms with E-state index in [-0.39, 0.29) is 5.75 Å². The van der Waals surface area contributed by atoms with Crippen LogP contribution in [0, 0.1) is 0 Å². The molecule has 4 heteroatoms. The van der Waals surface area contributed by atoms with Gasteiger partial charge in [0.2, 0.25) is 0 Å². The number of nitrogens with zero attached hydrogens (tertiary/aromatic N) is 2. The monoisotopic (exact) mass is 932 g/mol. The molecular weight excluding hydrogens is 889 g/mol. The first kappa shape index (κ1) is 41.2. The standard InChI is InChI=1S/C69H44N2O2/c72-65-29-15-11-21-52(65)44-31-34-49(35-32-44)71(48-19-5-2-6-20-48)64-43-63-68(58-26-8-7-24-55(58)64)59-40-45-33-36-50(39-46(45)41-62(59)69(63)60-27-13-9-22-53(60)54-23-10-14-28-61(54)69)70(47-17-3-1-4-18-47)51-37-38-57-56-25-12-16-30-66(56)73-67(57)42-51/h1-43,72H. The Kier molecular flexibility index (Phi) is 8.99. The van der Waals surface area contributed by atoms with Gasteiger partial charge in [0.05, 0.1) is 11.1 Å². The van der Waals surface area contributed by atoms with E-state index in [1.807, 2.05) is 30.3 Å². The number of anilines is 6. The first-order valence-electron chi connectivity index (χ1n) is 25.0. The zero-order chi connectivity index (χ0) is 48.2. The average Bonchev–Trinajstić information content (AvgIpc) is 4.08. The van der Waals surface area contributed by atoms with Gasteiger partial charge in [-0.2, -0.15) is 0 Å². The van der Waals surface area contributed by atoms with Crippen LogP contribution >= 0.6 is 0 Å². The lowest BCUT2D eigenvalue weighted by Crippen LogP contribution is -2.26. The van der Waals surface area contributed by atoms with Gasteiger partial charge in [-0.15, -0.1) is 0 Å². The van der Waals surface area contributed by atoms with Crippen molar-refractivity contribution < 1.29 is 9.52 Å². The number of phenolic OH excluding ortho intramolecular Hbond substituents is 1. The van der Waals surface area contributed by atoms with E-state index in [9.17, 15) is 5.11 Å². The smallest absolute Gasteiger partial charge is 0.137 e. The Morgan fingerprint density at radius 1 is 0.315 bits per heavy atom. The van der Waals surface area contributed by atoms with Gasteiger partial charge >= 0.3 is 0 Å². The Morgan fingerprint density at radius 3 is 1.59 bits per heavy atom. The largest absolute Gasteiger partial charge is 0.507 e. The maximum Gasteiger partial charge on any atom is 0.137 e. The van der Waals surface area contributed by atoms with Crippen molar-refractivity contribution in [1.82, 2.24) is 0 Å². The highest BCUT2D eigenvalue weighted by molar-refractivity contribution is 6.14. The highest BCUT2D eigenvalue weighted by Crippen LogP contribution is 2.65. The molecule has 1 spiro atoms. The van der Waals surface area contributed by atoms with Crippen molar-refractivity contribution in [2.24, 2.45) is 0 Å². The van der Waals surface area contributed by atoms with E-state index in [1.54, 1.807) is 6.07 Å². The number of phenols is 1. The predicted octanol–water partition coefficient (Wildman–Crippen LogP) is 18.5. The van der Waals surface area contributed by atoms with E-state index in [2.05, 4.69) is 234 Å². The van der Waals surface area contributed by atoms with Gasteiger partial charge in [-0.3, -0.25) is 0 Å². The molecule has 342 valence electrons. The molecule has 1 heterocycles. The number of hydrogen-bond acceptors (Lipinski definition) is 4. The number of furan rings is 1. The Labute approximate surface area is 422 Å². The average molecular weight is 933 g/mol. The minimum Gasteiger partial charge on any atom is -0.507 e. The van der Waals surface area contributed by atoms with Crippen LogP contribution < -0.4 is 9.80 Å². The van der Waals surface area contributed by atoms with Crippen molar-refractivity contribution in [3.05, 3.63) is 283 Å². The van der Waals surface area contributed by atoms with Gasteiger partial charge in [0.15, 0.2) is 0 Å². The Bertz CT molecular complexity index is 4300. The topological polar surface area (TPSA) is 39.9 Å². The van der Waals surface area contributed by atoms with Crippen LogP contribution in [0.1, 0.15) is 22.3 Å². The maximum atomic E-state index is 10.9. The molecule has 2 aliphatic carbocycles. The minimum atomic E-state index is -0.636. The highest BCUT2D eigenvalue weighted by Gasteiger charge is 2.52. The first-order valence-corrected chi connectivity index (χ1v) is 25.0. The van der Waals surface area contributed by atoms with Crippen LogP contribution in [0.15, 0.2) is 265 Å². The minimum absolute atomic E-state index is 0.264. The van der Waals surface area contributed by atoms with Crippen molar-refractivity contribution in [2.75, 3.05) is 9.80 Å². The van der Waals surface area contributed by atoms with Crippen molar-refractivity contribution >= 4 is 77.6 Å². The van der Waals surface area contributed by atoms with Crippen LogP contribution in [0.4, 0.5) is 34.1 Å². The van der Waals surface area contributed by atoms with Gasteiger partial charge in [-0.1, -0.05) is 164 Å². The quantitative estimate of drug-likeness (QED) is 0.173. The molecule has 1 N–H and O–H groups in total. The Hall–Kier alpha value is -9.64. The number of hydrogen-bond donors (Lipinski definition) is 1. The van der Waals surface area contributed by atoms with E-state index in [0.717, 1.165) is 78.0 Å². The summed E-state index contributed by atoms with van der Waals surface area (Å²) in [6.07, 6.45) is 0. The van der Waals surface area contributed by atoms with Crippen molar-refractivity contribution in [2.45, 2.75) is 5.41 Å². The van der Waals surface area contributed by atoms with Crippen LogP contribution in [-0.4, -0.2) is 5.11 Å². The Morgan fingerprint density at radius 2 is 0.863 bits per heavy atom. The van der Waals surface area contributed by atoms with Crippen LogP contribution in [0.25, 0.3) is 76.9 Å². The summed E-state index contributed by atoms with van der Waals surface area (Å²) >= 11 is 0. The predicted molar refractivity (Wildman–Crippen MR) is 301 cm³/mol. The molecule has 1 aromatic heterocycles. The van der Waals surface area contributed by atoms with Crippen LogP contribution in [-0.2, 0) is 5.41 Å². The third-order valence-corrected chi connectivity index (χ3v) is 15.5. The number of fused-ring (bicyclic) bond motifs is 16. The van der Waals surface area contributed by atoms with Gasteiger partial charge < -0.3 is 19.3 Å². The third kappa shape index (κ3) is 6.08. The van der Waals surface area contributed by atoms with Crippen LogP contribution in [0.2, 0.25) is 0 Å². The zero-order valence-corrected chi connectivity index (χ0v) is 39.6. The fourth-order valence-electron chi connectivity index (χ4n) is 12.4. The number of rotatable bonds is 7. The molecule has 0 radical (unpaired) electrons. The summed E-state index contributed by atoms with van der Waals surface area (Å²) < 4.78 is 6.47. The summed E-state index contributed by atoms with van der Waals surface area (Å²) in [6.45, 7) is 0. The van der Waals surface area contributed by atoms with Gasteiger partial charge in [0, 0.05) is 56.2 Å². The summed E-state index contributed by atoms with van der Waals surface area (Å²) in [5.74, 6) is 0.264. The molecule has 0 saturated heterocycles. The number of para-hydroxylation sites is 4. The fraction of sp³-hybridized carbons (Fsp3) is 0.0145. The second-order valence-electron chi connectivity index (χ2n) is 19.3. The van der Waals surface area contributed by atoms with Crippen molar-refractivity contribution in [3.8, 4) is 39.1 Å². The van der Waals surface area contributed by atoms with Gasteiger partial charge in [-0.05, 0) is 157 Å². The summed E-state index contributed by atoms with van der Waals surface area (Å²) in [7, 11) is 0. The van der Waals surface area contributed by atoms with Crippen LogP contribution in [0.5, 0.6) is 5.75 Å². The lowest BCUT2D eigenvalue weighted by Gasteiger charge is -2.33. The lowest BCUT2D eigenvalue weighted by atomic mass is 9.70.